The number of nitrogens with one attached hydrogen (secondary N) is 2. The van der Waals surface area contributed by atoms with Crippen LogP contribution in [0.5, 0.6) is 0 Å². The molecule has 2 N–H and O–H groups in total. The lowest BCUT2D eigenvalue weighted by atomic mass is 10.2. The predicted molar refractivity (Wildman–Crippen MR) is 143 cm³/mol. The third-order valence-corrected chi connectivity index (χ3v) is 9.05. The molecule has 12 heteroatoms. The highest BCUT2D eigenvalue weighted by Gasteiger charge is 2.19. The molecule has 0 radical (unpaired) electrons. The average Bonchev–Trinajstić information content (AvgIpc) is 3.11. The Morgan fingerprint density at radius 2 is 1.92 bits per heavy atom. The second kappa shape index (κ2) is 11.7. The molecule has 1 aliphatic rings. The normalized spacial score (nSPS) is 15.5. The minimum absolute atomic E-state index is 0.0708. The van der Waals surface area contributed by atoms with Crippen molar-refractivity contribution < 1.29 is 18.0 Å². The minimum Gasteiger partial charge on any atom is -0.305 e. The number of benzene rings is 2. The van der Waals surface area contributed by atoms with Crippen molar-refractivity contribution in [2.75, 3.05) is 50.8 Å². The molecule has 2 aromatic carbocycles. The van der Waals surface area contributed by atoms with Gasteiger partial charge in [-0.25, -0.2) is 18.2 Å². The monoisotopic (exact) mass is 549 g/mol. The summed E-state index contributed by atoms with van der Waals surface area (Å²) < 4.78 is 26.5. The van der Waals surface area contributed by atoms with Gasteiger partial charge in [-0.15, -0.1) is 0 Å². The molecule has 2 heterocycles. The fourth-order valence-corrected chi connectivity index (χ4v) is 6.53. The molecule has 3 aromatic rings. The summed E-state index contributed by atoms with van der Waals surface area (Å²) in [6, 6.07) is 10.4. The molecule has 0 atom stereocenters. The van der Waals surface area contributed by atoms with Crippen molar-refractivity contribution in [1.82, 2.24) is 20.1 Å². The molecule has 9 nitrogen and oxygen atoms in total. The quantitative estimate of drug-likeness (QED) is 0.462. The summed E-state index contributed by atoms with van der Waals surface area (Å²) in [5.74, 6) is -0.568. The van der Waals surface area contributed by atoms with E-state index in [0.717, 1.165) is 50.5 Å². The second-order valence-electron chi connectivity index (χ2n) is 8.71. The first-order valence-electron chi connectivity index (χ1n) is 11.6. The van der Waals surface area contributed by atoms with Crippen LogP contribution < -0.4 is 10.6 Å². The first kappa shape index (κ1) is 26.5. The van der Waals surface area contributed by atoms with Crippen LogP contribution in [-0.4, -0.2) is 80.7 Å². The van der Waals surface area contributed by atoms with Gasteiger partial charge >= 0.3 is 6.03 Å². The predicted octanol–water partition coefficient (Wildman–Crippen LogP) is 3.71. The maximum atomic E-state index is 12.9. The van der Waals surface area contributed by atoms with Crippen molar-refractivity contribution in [2.24, 2.45) is 0 Å². The van der Waals surface area contributed by atoms with Gasteiger partial charge in [0, 0.05) is 13.1 Å². The summed E-state index contributed by atoms with van der Waals surface area (Å²) in [5, 5.41) is 5.21. The fraction of sp³-hybridized carbons (Fsp3) is 0.375. The smallest absolute Gasteiger partial charge is 0.305 e. The van der Waals surface area contributed by atoms with E-state index < -0.39 is 21.8 Å². The second-order valence-corrected chi connectivity index (χ2v) is 12.3. The van der Waals surface area contributed by atoms with Crippen molar-refractivity contribution in [2.45, 2.75) is 17.7 Å². The Morgan fingerprint density at radius 1 is 1.11 bits per heavy atom. The number of thiazole rings is 1. The number of anilines is 1. The number of hydrogen-bond acceptors (Lipinski definition) is 8. The van der Waals surface area contributed by atoms with Crippen LogP contribution in [0.4, 0.5) is 9.93 Å². The summed E-state index contributed by atoms with van der Waals surface area (Å²) in [6.07, 6.45) is 1.66. The Hall–Kier alpha value is -2.57. The minimum atomic E-state index is -3.45. The van der Waals surface area contributed by atoms with E-state index in [4.69, 9.17) is 11.6 Å². The first-order chi connectivity index (χ1) is 17.2. The van der Waals surface area contributed by atoms with E-state index in [-0.39, 0.29) is 26.4 Å². The number of halogens is 1. The van der Waals surface area contributed by atoms with Gasteiger partial charge in [0.2, 0.25) is 0 Å². The van der Waals surface area contributed by atoms with Crippen molar-refractivity contribution in [3.8, 4) is 0 Å². The number of hydrogen-bond donors (Lipinski definition) is 2. The zero-order chi connectivity index (χ0) is 25.7. The summed E-state index contributed by atoms with van der Waals surface area (Å²) in [4.78, 5) is 33.7. The molecule has 1 aliphatic heterocycles. The fourth-order valence-electron chi connectivity index (χ4n) is 4.02. The van der Waals surface area contributed by atoms with Gasteiger partial charge in [-0.2, -0.15) is 0 Å². The third kappa shape index (κ3) is 6.80. The van der Waals surface area contributed by atoms with Gasteiger partial charge in [-0.05, 0) is 69.9 Å². The van der Waals surface area contributed by atoms with E-state index in [1.54, 1.807) is 36.4 Å². The molecule has 0 bridgehead atoms. The van der Waals surface area contributed by atoms with Gasteiger partial charge in [0.05, 0.1) is 31.5 Å². The molecule has 0 aliphatic carbocycles. The Balaban J connectivity index is 1.35. The summed E-state index contributed by atoms with van der Waals surface area (Å²) in [5.41, 5.74) is 0.733. The molecule has 0 unspecified atom stereocenters. The van der Waals surface area contributed by atoms with E-state index in [1.807, 2.05) is 0 Å². The molecule has 0 spiro atoms. The van der Waals surface area contributed by atoms with Crippen LogP contribution in [-0.2, 0) is 9.84 Å². The zero-order valence-electron chi connectivity index (χ0n) is 19.9. The van der Waals surface area contributed by atoms with Crippen LogP contribution in [0.15, 0.2) is 47.4 Å². The van der Waals surface area contributed by atoms with Crippen LogP contribution in [0, 0.1) is 0 Å². The number of imide groups is 1. The Morgan fingerprint density at radius 3 is 2.72 bits per heavy atom. The van der Waals surface area contributed by atoms with E-state index in [0.29, 0.717) is 16.6 Å². The average molecular weight is 550 g/mol. The highest BCUT2D eigenvalue weighted by molar-refractivity contribution is 7.91. The van der Waals surface area contributed by atoms with Crippen LogP contribution >= 0.6 is 22.9 Å². The molecule has 4 rings (SSSR count). The maximum absolute atomic E-state index is 12.9. The summed E-state index contributed by atoms with van der Waals surface area (Å²) in [7, 11) is -1.34. The highest BCUT2D eigenvalue weighted by Crippen LogP contribution is 2.28. The highest BCUT2D eigenvalue weighted by atomic mass is 35.5. The summed E-state index contributed by atoms with van der Waals surface area (Å²) >= 11 is 7.13. The van der Waals surface area contributed by atoms with Gasteiger partial charge in [0.1, 0.15) is 0 Å². The van der Waals surface area contributed by atoms with Crippen molar-refractivity contribution in [3.05, 3.63) is 53.1 Å². The molecule has 0 saturated carbocycles. The number of fused-ring (bicyclic) bond motifs is 1. The zero-order valence-corrected chi connectivity index (χ0v) is 22.3. The van der Waals surface area contributed by atoms with Gasteiger partial charge < -0.3 is 9.80 Å². The molecule has 1 aromatic heterocycles. The number of carbonyl (C=O) groups excluding carboxylic acids is 2. The molecular formula is C24H28ClN5O4S2. The Labute approximate surface area is 219 Å². The van der Waals surface area contributed by atoms with Crippen molar-refractivity contribution in [3.63, 3.8) is 0 Å². The summed E-state index contributed by atoms with van der Waals surface area (Å²) in [6.45, 7) is 4.77. The van der Waals surface area contributed by atoms with Crippen LogP contribution in [0.2, 0.25) is 5.02 Å². The first-order valence-corrected chi connectivity index (χ1v) is 14.5. The number of amides is 3. The van der Waals surface area contributed by atoms with Crippen molar-refractivity contribution in [1.29, 1.82) is 0 Å². The number of urea groups is 1. The van der Waals surface area contributed by atoms with Gasteiger partial charge in [0.15, 0.2) is 15.0 Å². The van der Waals surface area contributed by atoms with E-state index in [2.05, 4.69) is 32.5 Å². The molecular weight excluding hydrogens is 522 g/mol. The van der Waals surface area contributed by atoms with Gasteiger partial charge in [0.25, 0.3) is 5.91 Å². The molecule has 1 fully saturated rings. The van der Waals surface area contributed by atoms with E-state index in [9.17, 15) is 18.0 Å². The number of sulfone groups is 1. The number of likely N-dealkylation sites (N-methyl/N-ethyl adjacent to an activating group) is 1. The SMILES string of the molecule is CN1CCCN(CCCS(=O)(=O)c2ccc3nc(NC(=O)NC(=O)c4ccccc4Cl)sc3c2)CC1. The Kier molecular flexibility index (Phi) is 8.58. The molecule has 36 heavy (non-hydrogen) atoms. The number of nitrogens with zero attached hydrogens (tertiary/aromatic N) is 3. The number of rotatable bonds is 7. The van der Waals surface area contributed by atoms with Crippen LogP contribution in [0.3, 0.4) is 0 Å². The van der Waals surface area contributed by atoms with Gasteiger partial charge in [-0.1, -0.05) is 35.1 Å². The number of aromatic nitrogens is 1. The van der Waals surface area contributed by atoms with Gasteiger partial charge in [-0.3, -0.25) is 15.4 Å². The van der Waals surface area contributed by atoms with Crippen molar-refractivity contribution >= 4 is 60.1 Å². The largest absolute Gasteiger partial charge is 0.327 e. The topological polar surface area (TPSA) is 112 Å². The lowest BCUT2D eigenvalue weighted by Crippen LogP contribution is -2.34. The van der Waals surface area contributed by atoms with Crippen LogP contribution in [0.25, 0.3) is 10.2 Å². The van der Waals surface area contributed by atoms with E-state index >= 15 is 0 Å². The van der Waals surface area contributed by atoms with E-state index in [1.165, 1.54) is 6.07 Å². The number of carbonyl (C=O) groups is 2. The lowest BCUT2D eigenvalue weighted by Gasteiger charge is -2.19. The Bertz CT molecular complexity index is 1360. The molecule has 192 valence electrons. The van der Waals surface area contributed by atoms with Crippen LogP contribution in [0.1, 0.15) is 23.2 Å². The third-order valence-electron chi connectivity index (χ3n) is 5.98. The molecule has 3 amide bonds. The maximum Gasteiger partial charge on any atom is 0.327 e. The molecule has 1 saturated heterocycles. The standard InChI is InChI=1S/C24H28ClN5O4S2/c1-29-10-4-11-30(14-13-29)12-5-15-36(33,34)17-8-9-20-21(16-17)35-24(26-20)28-23(32)27-22(31)18-6-2-3-7-19(18)25/h2-3,6-9,16H,4-5,10-15H2,1H3,(H2,26,27,28,31,32). The lowest BCUT2D eigenvalue weighted by molar-refractivity contribution is 0.0967.